The molecule has 0 unspecified atom stereocenters. The van der Waals surface area contributed by atoms with E-state index in [1.807, 2.05) is 6.07 Å². The van der Waals surface area contributed by atoms with Crippen LogP contribution in [0.5, 0.6) is 0 Å². The SMILES string of the molecule is [C-]#[N+]c1ccc2c(c1)c1cc(N(c3ccccc3)c3ccc4c(c3)C3(c5ccccc5-4)c4cc(C(C)(C)C)ccc4-c4ccc(C(C)(C)C)cc43)ccc1n2CC. The fourth-order valence-corrected chi connectivity index (χ4v) is 9.90. The van der Waals surface area contributed by atoms with Crippen molar-refractivity contribution in [2.45, 2.75) is 71.3 Å². The molecule has 57 heavy (non-hydrogen) atoms. The number of nitrogens with zero attached hydrogens (tertiary/aromatic N) is 3. The molecule has 0 atom stereocenters. The van der Waals surface area contributed by atoms with Gasteiger partial charge in [-0.05, 0) is 133 Å². The summed E-state index contributed by atoms with van der Waals surface area (Å²) < 4.78 is 2.36. The van der Waals surface area contributed by atoms with Crippen LogP contribution in [0.15, 0.2) is 146 Å². The summed E-state index contributed by atoms with van der Waals surface area (Å²) in [6, 6.07) is 54.5. The molecule has 0 radical (unpaired) electrons. The minimum atomic E-state index is -0.494. The number of anilines is 3. The van der Waals surface area contributed by atoms with E-state index in [0.29, 0.717) is 5.69 Å². The van der Waals surface area contributed by atoms with Crippen LogP contribution in [0, 0.1) is 6.57 Å². The van der Waals surface area contributed by atoms with Crippen LogP contribution >= 0.6 is 0 Å². The summed E-state index contributed by atoms with van der Waals surface area (Å²) in [5.74, 6) is 0. The molecule has 0 amide bonds. The second kappa shape index (κ2) is 12.3. The highest BCUT2D eigenvalue weighted by molar-refractivity contribution is 6.10. The van der Waals surface area contributed by atoms with Crippen molar-refractivity contribution in [3.63, 3.8) is 0 Å². The van der Waals surface area contributed by atoms with Gasteiger partial charge in [-0.1, -0.05) is 133 Å². The summed E-state index contributed by atoms with van der Waals surface area (Å²) in [4.78, 5) is 6.22. The number of hydrogen-bond donors (Lipinski definition) is 0. The highest BCUT2D eigenvalue weighted by Crippen LogP contribution is 2.64. The Morgan fingerprint density at radius 2 is 1.02 bits per heavy atom. The molecule has 2 aliphatic carbocycles. The standard InChI is InChI=1S/C54H47N3/c1-9-56-50-27-21-36(55-8)31-44(50)45-32-38(23-28-51(45)56)57(37-15-11-10-12-16-37)39-22-26-43-40-17-13-14-18-46(40)54(49(43)33-39)47-29-34(52(2,3)4)19-24-41(47)42-25-20-35(30-48(42)54)53(5,6)7/h10-33H,9H2,1-7H3. The Balaban J connectivity index is 1.27. The van der Waals surface area contributed by atoms with Crippen molar-refractivity contribution in [1.82, 2.24) is 4.57 Å². The van der Waals surface area contributed by atoms with Gasteiger partial charge in [-0.15, -0.1) is 0 Å². The minimum Gasteiger partial charge on any atom is -0.341 e. The van der Waals surface area contributed by atoms with Crippen molar-refractivity contribution in [2.24, 2.45) is 0 Å². The van der Waals surface area contributed by atoms with Crippen LogP contribution in [0.3, 0.4) is 0 Å². The van der Waals surface area contributed by atoms with Gasteiger partial charge in [0.05, 0.1) is 12.0 Å². The molecule has 0 fully saturated rings. The van der Waals surface area contributed by atoms with Crippen molar-refractivity contribution in [2.75, 3.05) is 4.90 Å². The molecule has 1 spiro atoms. The van der Waals surface area contributed by atoms with Crippen LogP contribution in [-0.4, -0.2) is 4.57 Å². The van der Waals surface area contributed by atoms with Gasteiger partial charge in [0.15, 0.2) is 5.69 Å². The first-order chi connectivity index (χ1) is 27.4. The molecule has 0 saturated heterocycles. The monoisotopic (exact) mass is 737 g/mol. The maximum absolute atomic E-state index is 7.78. The van der Waals surface area contributed by atoms with Crippen molar-refractivity contribution >= 4 is 44.6 Å². The van der Waals surface area contributed by atoms with E-state index in [1.54, 1.807) is 0 Å². The van der Waals surface area contributed by atoms with Crippen molar-refractivity contribution in [3.8, 4) is 22.3 Å². The smallest absolute Gasteiger partial charge is 0.188 e. The molecule has 7 aromatic carbocycles. The fourth-order valence-electron chi connectivity index (χ4n) is 9.90. The van der Waals surface area contributed by atoms with E-state index in [4.69, 9.17) is 6.57 Å². The number of aryl methyl sites for hydroxylation is 1. The molecular weight excluding hydrogens is 691 g/mol. The Labute approximate surface area is 336 Å². The number of rotatable bonds is 4. The highest BCUT2D eigenvalue weighted by Gasteiger charge is 2.52. The third kappa shape index (κ3) is 5.03. The first-order valence-electron chi connectivity index (χ1n) is 20.3. The van der Waals surface area contributed by atoms with Crippen LogP contribution < -0.4 is 4.90 Å². The summed E-state index contributed by atoms with van der Waals surface area (Å²) in [6.45, 7) is 24.8. The molecule has 8 aromatic rings. The van der Waals surface area contributed by atoms with Crippen molar-refractivity contribution in [1.29, 1.82) is 0 Å². The molecule has 3 heteroatoms. The zero-order chi connectivity index (χ0) is 39.4. The lowest BCUT2D eigenvalue weighted by molar-refractivity contribution is 0.586. The van der Waals surface area contributed by atoms with E-state index in [1.165, 1.54) is 61.2 Å². The van der Waals surface area contributed by atoms with Crippen molar-refractivity contribution < 1.29 is 0 Å². The molecular formula is C54H47N3. The van der Waals surface area contributed by atoms with Gasteiger partial charge in [-0.25, -0.2) is 4.85 Å². The van der Waals surface area contributed by atoms with Crippen LogP contribution in [-0.2, 0) is 22.8 Å². The van der Waals surface area contributed by atoms with Crippen molar-refractivity contribution in [3.05, 3.63) is 190 Å². The van der Waals surface area contributed by atoms with Crippen LogP contribution in [0.2, 0.25) is 0 Å². The summed E-state index contributed by atoms with van der Waals surface area (Å²) in [6.07, 6.45) is 0. The minimum absolute atomic E-state index is 0.0104. The predicted octanol–water partition coefficient (Wildman–Crippen LogP) is 14.8. The van der Waals surface area contributed by atoms with Gasteiger partial charge >= 0.3 is 0 Å². The average Bonchev–Trinajstić information content (AvgIpc) is 3.80. The molecule has 0 aliphatic heterocycles. The van der Waals surface area contributed by atoms with Gasteiger partial charge in [0.25, 0.3) is 0 Å². The molecule has 1 aromatic heterocycles. The first kappa shape index (κ1) is 35.1. The lowest BCUT2D eigenvalue weighted by Gasteiger charge is -2.34. The molecule has 3 nitrogen and oxygen atoms in total. The topological polar surface area (TPSA) is 12.5 Å². The highest BCUT2D eigenvalue weighted by atomic mass is 15.1. The molecule has 278 valence electrons. The zero-order valence-corrected chi connectivity index (χ0v) is 33.9. The summed E-state index contributed by atoms with van der Waals surface area (Å²) in [7, 11) is 0. The van der Waals surface area contributed by atoms with Gasteiger partial charge in [-0.3, -0.25) is 0 Å². The Bertz CT molecular complexity index is 2910. The molecule has 0 saturated carbocycles. The van der Waals surface area contributed by atoms with Gasteiger partial charge < -0.3 is 9.47 Å². The number of aromatic nitrogens is 1. The average molecular weight is 738 g/mol. The van der Waals surface area contributed by atoms with Crippen LogP contribution in [0.1, 0.15) is 81.8 Å². The molecule has 0 bridgehead atoms. The van der Waals surface area contributed by atoms with Gasteiger partial charge in [0, 0.05) is 40.0 Å². The summed E-state index contributed by atoms with van der Waals surface area (Å²) in [5, 5.41) is 2.27. The van der Waals surface area contributed by atoms with Gasteiger partial charge in [0.2, 0.25) is 0 Å². The lowest BCUT2D eigenvalue weighted by Crippen LogP contribution is -2.27. The zero-order valence-electron chi connectivity index (χ0n) is 33.9. The van der Waals surface area contributed by atoms with Crippen LogP contribution in [0.25, 0.3) is 48.9 Å². The first-order valence-corrected chi connectivity index (χ1v) is 20.3. The maximum Gasteiger partial charge on any atom is 0.188 e. The maximum atomic E-state index is 7.78. The fraction of sp³-hybridized carbons (Fsp3) is 0.204. The second-order valence-electron chi connectivity index (χ2n) is 18.0. The quantitative estimate of drug-likeness (QED) is 0.164. The third-order valence-corrected chi connectivity index (χ3v) is 12.7. The molecule has 1 heterocycles. The van der Waals surface area contributed by atoms with E-state index in [9.17, 15) is 0 Å². The van der Waals surface area contributed by atoms with Gasteiger partial charge in [0.1, 0.15) is 0 Å². The summed E-state index contributed by atoms with van der Waals surface area (Å²) >= 11 is 0. The molecule has 10 rings (SSSR count). The summed E-state index contributed by atoms with van der Waals surface area (Å²) in [5.41, 5.74) is 19.1. The predicted molar refractivity (Wildman–Crippen MR) is 240 cm³/mol. The Morgan fingerprint density at radius 1 is 0.509 bits per heavy atom. The lowest BCUT2D eigenvalue weighted by atomic mass is 9.68. The largest absolute Gasteiger partial charge is 0.341 e. The van der Waals surface area contributed by atoms with E-state index < -0.39 is 5.41 Å². The number of para-hydroxylation sites is 1. The Kier molecular flexibility index (Phi) is 7.58. The van der Waals surface area contributed by atoms with Crippen LogP contribution in [0.4, 0.5) is 22.7 Å². The normalized spacial score (nSPS) is 13.7. The van der Waals surface area contributed by atoms with E-state index >= 15 is 0 Å². The number of benzene rings is 7. The molecule has 0 N–H and O–H groups in total. The van der Waals surface area contributed by atoms with E-state index in [0.717, 1.165) is 39.9 Å². The second-order valence-corrected chi connectivity index (χ2v) is 18.0. The number of fused-ring (bicyclic) bond motifs is 13. The number of hydrogen-bond acceptors (Lipinski definition) is 1. The molecule has 2 aliphatic rings. The van der Waals surface area contributed by atoms with E-state index in [-0.39, 0.29) is 10.8 Å². The van der Waals surface area contributed by atoms with E-state index in [2.05, 4.69) is 202 Å². The third-order valence-electron chi connectivity index (χ3n) is 12.7. The van der Waals surface area contributed by atoms with Gasteiger partial charge in [-0.2, -0.15) is 0 Å². The Morgan fingerprint density at radius 3 is 1.63 bits per heavy atom. The Hall–Kier alpha value is -6.37.